The van der Waals surface area contributed by atoms with Gasteiger partial charge in [0.2, 0.25) is 0 Å². The fourth-order valence-corrected chi connectivity index (χ4v) is 0.243. The van der Waals surface area contributed by atoms with Gasteiger partial charge in [0.15, 0.2) is 0 Å². The highest BCUT2D eigenvalue weighted by atomic mass is 79.9. The SMILES string of the molecule is CC(NBr)C(=O)O.[MgH2]. The van der Waals surface area contributed by atoms with Crippen LogP contribution in [0.4, 0.5) is 0 Å². The van der Waals surface area contributed by atoms with Crippen LogP contribution in [0.3, 0.4) is 0 Å². The molecule has 0 aliphatic heterocycles. The third-order valence-corrected chi connectivity index (χ3v) is 1.22. The molecular formula is C3H8BrMgNO2. The Morgan fingerprint density at radius 1 is 1.88 bits per heavy atom. The van der Waals surface area contributed by atoms with E-state index < -0.39 is 12.0 Å². The van der Waals surface area contributed by atoms with Crippen LogP contribution in [-0.4, -0.2) is 40.2 Å². The van der Waals surface area contributed by atoms with E-state index in [9.17, 15) is 4.79 Å². The van der Waals surface area contributed by atoms with Crippen molar-refractivity contribution in [2.45, 2.75) is 13.0 Å². The lowest BCUT2D eigenvalue weighted by Gasteiger charge is -1.97. The minimum Gasteiger partial charge on any atom is -0.480 e. The fraction of sp³-hybridized carbons (Fsp3) is 0.667. The van der Waals surface area contributed by atoms with E-state index in [1.165, 1.54) is 6.92 Å². The summed E-state index contributed by atoms with van der Waals surface area (Å²) >= 11 is 2.78. The molecule has 0 aromatic rings. The van der Waals surface area contributed by atoms with Crippen molar-refractivity contribution in [1.82, 2.24) is 4.34 Å². The van der Waals surface area contributed by atoms with Crippen molar-refractivity contribution in [3.05, 3.63) is 0 Å². The fourth-order valence-electron chi connectivity index (χ4n) is 0.0467. The summed E-state index contributed by atoms with van der Waals surface area (Å²) in [6.45, 7) is 1.54. The number of carboxylic acid groups (broad SMARTS) is 1. The zero-order valence-electron chi connectivity index (χ0n) is 3.81. The first-order chi connectivity index (χ1) is 3.18. The average molecular weight is 194 g/mol. The van der Waals surface area contributed by atoms with Gasteiger partial charge < -0.3 is 5.11 Å². The van der Waals surface area contributed by atoms with Crippen LogP contribution in [-0.2, 0) is 4.79 Å². The lowest BCUT2D eigenvalue weighted by atomic mass is 10.4. The Hall–Kier alpha value is 0.676. The minimum atomic E-state index is -0.864. The summed E-state index contributed by atoms with van der Waals surface area (Å²) in [5.41, 5.74) is 0. The zero-order valence-corrected chi connectivity index (χ0v) is 5.40. The molecule has 0 heterocycles. The highest BCUT2D eigenvalue weighted by molar-refractivity contribution is 9.08. The third kappa shape index (κ3) is 4.83. The van der Waals surface area contributed by atoms with Crippen LogP contribution in [0.15, 0.2) is 0 Å². The van der Waals surface area contributed by atoms with Gasteiger partial charge in [-0.25, -0.2) is 4.34 Å². The molecule has 3 nitrogen and oxygen atoms in total. The number of halogens is 1. The number of hydrogen-bond donors (Lipinski definition) is 2. The second kappa shape index (κ2) is 5.81. The van der Waals surface area contributed by atoms with Gasteiger partial charge in [-0.15, -0.1) is 0 Å². The summed E-state index contributed by atoms with van der Waals surface area (Å²) < 4.78 is 2.38. The molecule has 0 bridgehead atoms. The molecule has 1 unspecified atom stereocenters. The Morgan fingerprint density at radius 2 is 2.25 bits per heavy atom. The molecule has 0 aliphatic rings. The smallest absolute Gasteiger partial charge is 0.321 e. The van der Waals surface area contributed by atoms with Gasteiger partial charge in [-0.05, 0) is 6.92 Å². The molecule has 2 N–H and O–H groups in total. The first kappa shape index (κ1) is 11.5. The van der Waals surface area contributed by atoms with Crippen molar-refractivity contribution in [1.29, 1.82) is 0 Å². The van der Waals surface area contributed by atoms with Crippen molar-refractivity contribution in [2.75, 3.05) is 0 Å². The predicted molar refractivity (Wildman–Crippen MR) is 37.7 cm³/mol. The Balaban J connectivity index is 0. The first-order valence-electron chi connectivity index (χ1n) is 1.77. The van der Waals surface area contributed by atoms with E-state index in [0.717, 1.165) is 0 Å². The van der Waals surface area contributed by atoms with Gasteiger partial charge in [-0.1, -0.05) is 0 Å². The molecule has 0 amide bonds. The Kier molecular flexibility index (Phi) is 8.33. The highest BCUT2D eigenvalue weighted by Crippen LogP contribution is 1.81. The molecule has 0 rings (SSSR count). The first-order valence-corrected chi connectivity index (χ1v) is 2.56. The quantitative estimate of drug-likeness (QED) is 0.458. The Morgan fingerprint density at radius 3 is 2.25 bits per heavy atom. The highest BCUT2D eigenvalue weighted by Gasteiger charge is 2.05. The summed E-state index contributed by atoms with van der Waals surface area (Å²) in [4.78, 5) is 9.84. The average Bonchev–Trinajstić information content (AvgIpc) is 1.65. The second-order valence-corrected chi connectivity index (χ2v) is 1.63. The van der Waals surface area contributed by atoms with Gasteiger partial charge in [0, 0.05) is 16.1 Å². The number of hydrogen-bond acceptors (Lipinski definition) is 2. The normalized spacial score (nSPS) is 11.8. The van der Waals surface area contributed by atoms with Crippen LogP contribution in [0.2, 0.25) is 0 Å². The largest absolute Gasteiger partial charge is 0.480 e. The summed E-state index contributed by atoms with van der Waals surface area (Å²) in [6.07, 6.45) is 0. The molecule has 0 spiro atoms. The molecule has 0 radical (unpaired) electrons. The monoisotopic (exact) mass is 193 g/mol. The van der Waals surface area contributed by atoms with Crippen LogP contribution in [0.25, 0.3) is 0 Å². The predicted octanol–water partition coefficient (Wildman–Crippen LogP) is -0.557. The molecule has 5 heteroatoms. The van der Waals surface area contributed by atoms with E-state index in [2.05, 4.69) is 20.5 Å². The topological polar surface area (TPSA) is 49.3 Å². The molecule has 0 aliphatic carbocycles. The van der Waals surface area contributed by atoms with E-state index in [0.29, 0.717) is 0 Å². The molecular weight excluding hydrogens is 186 g/mol. The molecule has 46 valence electrons. The summed E-state index contributed by atoms with van der Waals surface area (Å²) in [5.74, 6) is -0.864. The summed E-state index contributed by atoms with van der Waals surface area (Å²) in [5, 5.41) is 8.09. The van der Waals surface area contributed by atoms with Crippen LogP contribution >= 0.6 is 16.1 Å². The van der Waals surface area contributed by atoms with Crippen molar-refractivity contribution in [3.63, 3.8) is 0 Å². The van der Waals surface area contributed by atoms with Gasteiger partial charge in [-0.2, -0.15) is 0 Å². The van der Waals surface area contributed by atoms with Crippen molar-refractivity contribution in [2.24, 2.45) is 0 Å². The maximum absolute atomic E-state index is 9.84. The number of rotatable bonds is 2. The minimum absolute atomic E-state index is 0. The van der Waals surface area contributed by atoms with Crippen molar-refractivity contribution < 1.29 is 9.90 Å². The molecule has 0 saturated heterocycles. The van der Waals surface area contributed by atoms with Gasteiger partial charge in [0.25, 0.3) is 0 Å². The molecule has 0 saturated carbocycles. The maximum Gasteiger partial charge on any atom is 0.321 e. The second-order valence-electron chi connectivity index (χ2n) is 1.17. The van der Waals surface area contributed by atoms with Crippen LogP contribution in [0.5, 0.6) is 0 Å². The lowest BCUT2D eigenvalue weighted by Crippen LogP contribution is -2.25. The van der Waals surface area contributed by atoms with E-state index in [4.69, 9.17) is 5.11 Å². The molecule has 1 atom stereocenters. The van der Waals surface area contributed by atoms with Crippen LogP contribution in [0, 0.1) is 0 Å². The van der Waals surface area contributed by atoms with E-state index in [1.54, 1.807) is 0 Å². The number of carboxylic acids is 1. The molecule has 0 fully saturated rings. The van der Waals surface area contributed by atoms with E-state index in [-0.39, 0.29) is 23.1 Å². The number of aliphatic carboxylic acids is 1. The van der Waals surface area contributed by atoms with Gasteiger partial charge >= 0.3 is 29.0 Å². The van der Waals surface area contributed by atoms with Crippen LogP contribution in [0.1, 0.15) is 6.92 Å². The number of nitrogens with one attached hydrogen (secondary N) is 1. The number of carbonyl (C=O) groups is 1. The maximum atomic E-state index is 9.84. The zero-order chi connectivity index (χ0) is 5.86. The molecule has 8 heavy (non-hydrogen) atoms. The standard InChI is InChI=1S/C3H6BrNO2.Mg.2H/c1-2(5-4)3(6)7;;;/h2,5H,1H3,(H,6,7);;;. The van der Waals surface area contributed by atoms with Crippen LogP contribution < -0.4 is 4.34 Å². The van der Waals surface area contributed by atoms with Crippen molar-refractivity contribution >= 4 is 45.2 Å². The van der Waals surface area contributed by atoms with Gasteiger partial charge in [-0.3, -0.25) is 4.79 Å². The summed E-state index contributed by atoms with van der Waals surface area (Å²) in [6, 6.07) is -0.514. The molecule has 0 aromatic carbocycles. The lowest BCUT2D eigenvalue weighted by molar-refractivity contribution is -0.138. The molecule has 0 aromatic heterocycles. The van der Waals surface area contributed by atoms with E-state index >= 15 is 0 Å². The van der Waals surface area contributed by atoms with Gasteiger partial charge in [0.05, 0.1) is 0 Å². The van der Waals surface area contributed by atoms with E-state index in [1.807, 2.05) is 0 Å². The van der Waals surface area contributed by atoms with Crippen molar-refractivity contribution in [3.8, 4) is 0 Å². The summed E-state index contributed by atoms with van der Waals surface area (Å²) in [7, 11) is 0. The Bertz CT molecular complexity index is 79.7. The third-order valence-electron chi connectivity index (χ3n) is 0.534. The Labute approximate surface area is 72.3 Å². The van der Waals surface area contributed by atoms with Gasteiger partial charge in [0.1, 0.15) is 6.04 Å².